The van der Waals surface area contributed by atoms with E-state index in [1.807, 2.05) is 19.1 Å². The van der Waals surface area contributed by atoms with E-state index in [0.29, 0.717) is 5.69 Å². The summed E-state index contributed by atoms with van der Waals surface area (Å²) in [6.07, 6.45) is 1.47. The average molecular weight is 452 g/mol. The van der Waals surface area contributed by atoms with Gasteiger partial charge < -0.3 is 5.32 Å². The van der Waals surface area contributed by atoms with Crippen molar-refractivity contribution in [2.24, 2.45) is 10.2 Å². The largest absolute Gasteiger partial charge is 0.324 e. The average Bonchev–Trinajstić information content (AvgIpc) is 2.76. The van der Waals surface area contributed by atoms with Gasteiger partial charge in [-0.15, -0.1) is 0 Å². The Morgan fingerprint density at radius 2 is 1.66 bits per heavy atom. The van der Waals surface area contributed by atoms with Crippen LogP contribution in [0.3, 0.4) is 0 Å². The molecule has 1 amide bonds. The Balaban J connectivity index is 1.72. The number of para-hydroxylation sites is 1. The molecule has 164 valence electrons. The number of hydrogen-bond acceptors (Lipinski definition) is 7. The molecule has 0 radical (unpaired) electrons. The van der Waals surface area contributed by atoms with Crippen LogP contribution in [-0.2, 0) is 19.6 Å². The summed E-state index contributed by atoms with van der Waals surface area (Å²) in [6, 6.07) is 16.2. The lowest BCUT2D eigenvalue weighted by molar-refractivity contribution is -0.126. The van der Waals surface area contributed by atoms with Crippen LogP contribution in [0.5, 0.6) is 0 Å². The lowest BCUT2D eigenvalue weighted by Crippen LogP contribution is -2.32. The van der Waals surface area contributed by atoms with Crippen LogP contribution in [-0.4, -0.2) is 31.1 Å². The van der Waals surface area contributed by atoms with Crippen LogP contribution < -0.4 is 10.0 Å². The minimum absolute atomic E-state index is 0.00233. The second kappa shape index (κ2) is 9.92. The Bertz CT molecular complexity index is 1240. The second-order valence-corrected chi connectivity index (χ2v) is 8.53. The van der Waals surface area contributed by atoms with Crippen molar-refractivity contribution < 1.29 is 18.0 Å². The molecule has 2 aromatic carbocycles. The summed E-state index contributed by atoms with van der Waals surface area (Å²) >= 11 is 0. The third kappa shape index (κ3) is 5.82. The van der Waals surface area contributed by atoms with Crippen molar-refractivity contribution in [2.75, 3.05) is 10.0 Å². The van der Waals surface area contributed by atoms with Crippen molar-refractivity contribution in [3.63, 3.8) is 0 Å². The van der Waals surface area contributed by atoms with E-state index < -0.39 is 27.8 Å². The number of anilines is 2. The standard InChI is InChI=1S/C22H21N5O4S/c1-15-7-3-4-8-19(15)24-22(29)21(16(2)28)26-25-17-10-12-18(13-11-17)32(30,31)27-20-9-5-6-14-23-20/h3-14,21H,1-2H3,(H,23,27)(H,24,29). The number of carbonyl (C=O) groups is 2. The fraction of sp³-hybridized carbons (Fsp3) is 0.136. The van der Waals surface area contributed by atoms with Gasteiger partial charge in [-0.25, -0.2) is 13.4 Å². The maximum Gasteiger partial charge on any atom is 0.263 e. The van der Waals surface area contributed by atoms with Crippen LogP contribution in [0.25, 0.3) is 0 Å². The minimum Gasteiger partial charge on any atom is -0.324 e. The summed E-state index contributed by atoms with van der Waals surface area (Å²) in [6.45, 7) is 3.08. The van der Waals surface area contributed by atoms with Gasteiger partial charge in [0.2, 0.25) is 6.04 Å². The quantitative estimate of drug-likeness (QED) is 0.397. The fourth-order valence-corrected chi connectivity index (χ4v) is 3.68. The van der Waals surface area contributed by atoms with E-state index in [1.54, 1.807) is 24.3 Å². The van der Waals surface area contributed by atoms with Crippen LogP contribution >= 0.6 is 0 Å². The molecule has 0 bridgehead atoms. The molecule has 9 nitrogen and oxygen atoms in total. The third-order valence-corrected chi connectivity index (χ3v) is 5.75. The molecule has 10 heteroatoms. The van der Waals surface area contributed by atoms with Crippen molar-refractivity contribution in [3.05, 3.63) is 78.5 Å². The van der Waals surface area contributed by atoms with E-state index in [1.165, 1.54) is 43.5 Å². The monoisotopic (exact) mass is 451 g/mol. The zero-order chi connectivity index (χ0) is 23.1. The van der Waals surface area contributed by atoms with Gasteiger partial charge in [0.1, 0.15) is 5.82 Å². The molecule has 1 unspecified atom stereocenters. The van der Waals surface area contributed by atoms with Gasteiger partial charge >= 0.3 is 0 Å². The first kappa shape index (κ1) is 22.8. The van der Waals surface area contributed by atoms with Gasteiger partial charge in [-0.2, -0.15) is 10.2 Å². The Morgan fingerprint density at radius 1 is 0.969 bits per heavy atom. The minimum atomic E-state index is -3.83. The SMILES string of the molecule is CC(=O)C(N=Nc1ccc(S(=O)(=O)Nc2ccccn2)cc1)C(=O)Nc1ccccc1C. The number of aryl methyl sites for hydroxylation is 1. The molecular formula is C22H21N5O4S. The summed E-state index contributed by atoms with van der Waals surface area (Å²) < 4.78 is 27.3. The number of nitrogens with one attached hydrogen (secondary N) is 2. The van der Waals surface area contributed by atoms with Gasteiger partial charge in [0.05, 0.1) is 10.6 Å². The zero-order valence-electron chi connectivity index (χ0n) is 17.4. The van der Waals surface area contributed by atoms with Gasteiger partial charge in [-0.05, 0) is 61.9 Å². The van der Waals surface area contributed by atoms with Crippen molar-refractivity contribution in [1.82, 2.24) is 4.98 Å². The molecule has 32 heavy (non-hydrogen) atoms. The predicted molar refractivity (Wildman–Crippen MR) is 120 cm³/mol. The molecule has 0 saturated carbocycles. The number of sulfonamides is 1. The molecule has 3 aromatic rings. The van der Waals surface area contributed by atoms with Gasteiger partial charge in [0, 0.05) is 11.9 Å². The lowest BCUT2D eigenvalue weighted by Gasteiger charge is -2.11. The molecule has 0 fully saturated rings. The number of hydrogen-bond donors (Lipinski definition) is 2. The smallest absolute Gasteiger partial charge is 0.263 e. The summed E-state index contributed by atoms with van der Waals surface area (Å²) in [7, 11) is -3.83. The number of nitrogens with zero attached hydrogens (tertiary/aromatic N) is 3. The van der Waals surface area contributed by atoms with Gasteiger partial charge in [-0.1, -0.05) is 24.3 Å². The first-order chi connectivity index (χ1) is 15.3. The normalized spacial score (nSPS) is 12.3. The number of rotatable bonds is 8. The van der Waals surface area contributed by atoms with Crippen molar-refractivity contribution >= 4 is 38.9 Å². The van der Waals surface area contributed by atoms with E-state index in [9.17, 15) is 18.0 Å². The number of ketones is 1. The molecule has 0 aliphatic carbocycles. The summed E-state index contributed by atoms with van der Waals surface area (Å²) in [5.41, 5.74) is 1.71. The molecule has 1 heterocycles. The van der Waals surface area contributed by atoms with Crippen LogP contribution in [0.15, 0.2) is 88.1 Å². The molecule has 1 aromatic heterocycles. The van der Waals surface area contributed by atoms with E-state index in [0.717, 1.165) is 5.56 Å². The molecular weight excluding hydrogens is 430 g/mol. The van der Waals surface area contributed by atoms with E-state index in [-0.39, 0.29) is 16.4 Å². The topological polar surface area (TPSA) is 130 Å². The highest BCUT2D eigenvalue weighted by Gasteiger charge is 2.23. The Morgan fingerprint density at radius 3 is 2.28 bits per heavy atom. The van der Waals surface area contributed by atoms with E-state index in [4.69, 9.17) is 0 Å². The van der Waals surface area contributed by atoms with Crippen LogP contribution in [0.1, 0.15) is 12.5 Å². The maximum absolute atomic E-state index is 12.5. The summed E-state index contributed by atoms with van der Waals surface area (Å²) in [4.78, 5) is 28.4. The number of aromatic nitrogens is 1. The molecule has 2 N–H and O–H groups in total. The van der Waals surface area contributed by atoms with E-state index in [2.05, 4.69) is 25.3 Å². The molecule has 0 saturated heterocycles. The molecule has 1 atom stereocenters. The predicted octanol–water partition coefficient (Wildman–Crippen LogP) is 3.87. The molecule has 0 aliphatic rings. The first-order valence-electron chi connectivity index (χ1n) is 9.58. The number of pyridine rings is 1. The summed E-state index contributed by atoms with van der Waals surface area (Å²) in [5.74, 6) is -0.881. The van der Waals surface area contributed by atoms with Gasteiger partial charge in [-0.3, -0.25) is 14.3 Å². The Hall–Kier alpha value is -3.92. The molecule has 0 aliphatic heterocycles. The second-order valence-electron chi connectivity index (χ2n) is 6.85. The van der Waals surface area contributed by atoms with Gasteiger partial charge in [0.15, 0.2) is 5.78 Å². The van der Waals surface area contributed by atoms with E-state index >= 15 is 0 Å². The Labute approximate surface area is 185 Å². The summed E-state index contributed by atoms with van der Waals surface area (Å²) in [5, 5.41) is 10.5. The van der Waals surface area contributed by atoms with Crippen LogP contribution in [0.4, 0.5) is 17.2 Å². The number of amides is 1. The van der Waals surface area contributed by atoms with Gasteiger partial charge in [0.25, 0.3) is 15.9 Å². The highest BCUT2D eigenvalue weighted by molar-refractivity contribution is 7.92. The highest BCUT2D eigenvalue weighted by Crippen LogP contribution is 2.20. The number of Topliss-reactive ketones (excluding diaryl/α,β-unsaturated/α-hetero) is 1. The number of benzene rings is 2. The zero-order valence-corrected chi connectivity index (χ0v) is 18.2. The number of carbonyl (C=O) groups excluding carboxylic acids is 2. The maximum atomic E-state index is 12.5. The highest BCUT2D eigenvalue weighted by atomic mass is 32.2. The fourth-order valence-electron chi connectivity index (χ4n) is 2.67. The molecule has 0 spiro atoms. The third-order valence-electron chi connectivity index (χ3n) is 4.38. The van der Waals surface area contributed by atoms with Crippen molar-refractivity contribution in [3.8, 4) is 0 Å². The number of azo groups is 1. The Kier molecular flexibility index (Phi) is 7.06. The van der Waals surface area contributed by atoms with Crippen LogP contribution in [0, 0.1) is 6.92 Å². The van der Waals surface area contributed by atoms with Crippen LogP contribution in [0.2, 0.25) is 0 Å². The molecule has 3 rings (SSSR count). The first-order valence-corrected chi connectivity index (χ1v) is 11.1. The lowest BCUT2D eigenvalue weighted by atomic mass is 10.1. The van der Waals surface area contributed by atoms with Crippen molar-refractivity contribution in [2.45, 2.75) is 24.8 Å². The van der Waals surface area contributed by atoms with Crippen molar-refractivity contribution in [1.29, 1.82) is 0 Å².